The third-order valence-corrected chi connectivity index (χ3v) is 13.9. The second-order valence-corrected chi connectivity index (χ2v) is 20.1. The van der Waals surface area contributed by atoms with Gasteiger partial charge in [-0.25, -0.2) is 0 Å². The molecule has 0 fully saturated rings. The molecule has 8 aromatic carbocycles. The van der Waals surface area contributed by atoms with E-state index in [-0.39, 0.29) is 20.1 Å². The molecule has 8 nitrogen and oxygen atoms in total. The van der Waals surface area contributed by atoms with Crippen molar-refractivity contribution in [3.8, 4) is 34.2 Å². The molecule has 0 amide bonds. The van der Waals surface area contributed by atoms with Crippen LogP contribution < -0.4 is 0 Å². The van der Waals surface area contributed by atoms with Crippen molar-refractivity contribution < 1.29 is 39.2 Å². The number of aromatic nitrogens is 4. The second kappa shape index (κ2) is 22.8. The minimum Gasteiger partial charge on any atom is -0.501 e. The Labute approximate surface area is 454 Å². The van der Waals surface area contributed by atoms with Crippen molar-refractivity contribution in [2.24, 2.45) is 0 Å². The van der Waals surface area contributed by atoms with Crippen molar-refractivity contribution >= 4 is 65.9 Å². The molecule has 75 heavy (non-hydrogen) atoms. The minimum atomic E-state index is 0. The molecule has 385 valence electrons. The van der Waals surface area contributed by atoms with Crippen molar-refractivity contribution in [1.82, 2.24) is 19.1 Å². The van der Waals surface area contributed by atoms with E-state index in [9.17, 15) is 0 Å². The van der Waals surface area contributed by atoms with Crippen LogP contribution in [0.15, 0.2) is 154 Å². The Morgan fingerprint density at radius 1 is 0.427 bits per heavy atom. The third kappa shape index (κ3) is 9.87. The zero-order valence-corrected chi connectivity index (χ0v) is 47.4. The Hall–Kier alpha value is -7.13. The molecule has 0 saturated heterocycles. The van der Waals surface area contributed by atoms with Crippen LogP contribution in [0.5, 0.6) is 0 Å². The molecule has 9 heteroatoms. The quantitative estimate of drug-likeness (QED) is 0.147. The summed E-state index contributed by atoms with van der Waals surface area (Å²) >= 11 is 0. The van der Waals surface area contributed by atoms with Gasteiger partial charge in [0.25, 0.3) is 0 Å². The summed E-state index contributed by atoms with van der Waals surface area (Å²) in [5.74, 6) is 3.19. The summed E-state index contributed by atoms with van der Waals surface area (Å²) < 4.78 is 17.5. The van der Waals surface area contributed by atoms with E-state index in [0.717, 1.165) is 103 Å². The first-order valence-electron chi connectivity index (χ1n) is 25.7. The first-order chi connectivity index (χ1) is 35.9. The van der Waals surface area contributed by atoms with Gasteiger partial charge < -0.3 is 28.2 Å². The van der Waals surface area contributed by atoms with Gasteiger partial charge in [0.2, 0.25) is 0 Å². The molecule has 4 aromatic heterocycles. The van der Waals surface area contributed by atoms with Gasteiger partial charge in [-0.2, -0.15) is 0 Å². The molecule has 0 aliphatic carbocycles. The predicted octanol–water partition coefficient (Wildman–Crippen LogP) is 17.1. The first-order valence-corrected chi connectivity index (χ1v) is 25.7. The van der Waals surface area contributed by atoms with Crippen LogP contribution in [0.2, 0.25) is 0 Å². The van der Waals surface area contributed by atoms with E-state index in [1.54, 1.807) is 0 Å². The smallest absolute Gasteiger partial charge is 0.120 e. The number of furan rings is 2. The zero-order valence-electron chi connectivity index (χ0n) is 45.0. The summed E-state index contributed by atoms with van der Waals surface area (Å²) in [6, 6.07) is 57.9. The Bertz CT molecular complexity index is 3650. The summed E-state index contributed by atoms with van der Waals surface area (Å²) in [6.07, 6.45) is 0. The van der Waals surface area contributed by atoms with E-state index in [4.69, 9.17) is 29.0 Å². The Balaban J connectivity index is 0.000000185. The number of hydrogen-bond donors (Lipinski definition) is 2. The maximum absolute atomic E-state index is 7.00. The Morgan fingerprint density at radius 3 is 1.12 bits per heavy atom. The molecular weight excluding hydrogens is 1100 g/mol. The average Bonchev–Trinajstić information content (AvgIpc) is 4.20. The molecule has 1 radical (unpaired) electrons. The van der Waals surface area contributed by atoms with Crippen LogP contribution in [0, 0.1) is 26.0 Å². The number of benzene rings is 8. The van der Waals surface area contributed by atoms with Crippen LogP contribution in [0.1, 0.15) is 112 Å². The standard InChI is InChI=1S/2C32H29N2O.2CH4O.Ir/c2*1-19(2)22-11-8-12-23(20(3)4)30(22)34-28-18-21(5)16-17-27(28)33-32(34)26-14-9-13-25-24-10-6-7-15-29(24)35-31(25)26;2*1-2;/h2*6-13,15-20H,1-5H3;2*2H,1H3;/q2*-1;;;. The van der Waals surface area contributed by atoms with Gasteiger partial charge in [0.05, 0.1) is 44.9 Å². The van der Waals surface area contributed by atoms with Crippen molar-refractivity contribution in [3.63, 3.8) is 0 Å². The number of rotatable bonds is 8. The fourth-order valence-corrected chi connectivity index (χ4v) is 10.4. The molecule has 0 bridgehead atoms. The van der Waals surface area contributed by atoms with E-state index in [1.165, 1.54) is 44.8 Å². The maximum atomic E-state index is 7.00. The van der Waals surface area contributed by atoms with Crippen molar-refractivity contribution in [2.45, 2.75) is 92.9 Å². The van der Waals surface area contributed by atoms with Gasteiger partial charge in [0, 0.05) is 56.5 Å². The van der Waals surface area contributed by atoms with E-state index in [0.29, 0.717) is 23.7 Å². The van der Waals surface area contributed by atoms with Gasteiger partial charge >= 0.3 is 0 Å². The van der Waals surface area contributed by atoms with E-state index >= 15 is 0 Å². The van der Waals surface area contributed by atoms with Crippen LogP contribution in [0.4, 0.5) is 0 Å². The van der Waals surface area contributed by atoms with Crippen LogP contribution in [-0.4, -0.2) is 43.5 Å². The number of nitrogens with zero attached hydrogens (tertiary/aromatic N) is 4. The number of aliphatic hydroxyl groups is 2. The van der Waals surface area contributed by atoms with E-state index in [2.05, 4.69) is 200 Å². The molecule has 12 aromatic rings. The topological polar surface area (TPSA) is 102 Å². The van der Waals surface area contributed by atoms with E-state index in [1.807, 2.05) is 36.4 Å². The number of aliphatic hydroxyl groups excluding tert-OH is 2. The summed E-state index contributed by atoms with van der Waals surface area (Å²) in [5, 5.41) is 18.4. The fourth-order valence-electron chi connectivity index (χ4n) is 10.4. The van der Waals surface area contributed by atoms with Gasteiger partial charge in [0.1, 0.15) is 11.2 Å². The Morgan fingerprint density at radius 2 is 0.773 bits per heavy atom. The molecule has 2 N–H and O–H groups in total. The van der Waals surface area contributed by atoms with Crippen molar-refractivity contribution in [2.75, 3.05) is 14.2 Å². The largest absolute Gasteiger partial charge is 0.501 e. The number of hydrogen-bond acceptors (Lipinski definition) is 6. The molecule has 12 rings (SSSR count). The zero-order chi connectivity index (χ0) is 52.5. The van der Waals surface area contributed by atoms with Crippen LogP contribution in [0.25, 0.3) is 100 Å². The van der Waals surface area contributed by atoms with Gasteiger partial charge in [0.15, 0.2) is 0 Å². The molecule has 0 spiro atoms. The minimum absolute atomic E-state index is 0. The first kappa shape index (κ1) is 54.1. The predicted molar refractivity (Wildman–Crippen MR) is 307 cm³/mol. The SMILES string of the molecule is CO.CO.Cc1ccc2nc(-c3[c-]ccc4c3oc3ccccc34)n(-c3c(C(C)C)cccc3C(C)C)c2c1.Cc1ccc2nc(-c3[c-]ccc4c3oc3ccccc34)n(-c3c(C(C)C)cccc3C(C)C)c2c1.[Ir]. The summed E-state index contributed by atoms with van der Waals surface area (Å²) in [6.45, 7) is 22.4. The third-order valence-electron chi connectivity index (χ3n) is 13.9. The molecule has 0 atom stereocenters. The molecule has 0 aliphatic rings. The van der Waals surface area contributed by atoms with Crippen LogP contribution >= 0.6 is 0 Å². The van der Waals surface area contributed by atoms with Gasteiger partial charge in [-0.3, -0.25) is 9.97 Å². The Kier molecular flexibility index (Phi) is 16.4. The maximum Gasteiger partial charge on any atom is 0.120 e. The second-order valence-electron chi connectivity index (χ2n) is 20.1. The van der Waals surface area contributed by atoms with Crippen molar-refractivity contribution in [1.29, 1.82) is 0 Å². The fraction of sp³-hybridized carbons (Fsp3) is 0.242. The summed E-state index contributed by atoms with van der Waals surface area (Å²) in [4.78, 5) is 10.4. The monoisotopic (exact) mass is 1170 g/mol. The normalized spacial score (nSPS) is 11.4. The summed E-state index contributed by atoms with van der Waals surface area (Å²) in [5.41, 5.74) is 19.5. The number of para-hydroxylation sites is 4. The van der Waals surface area contributed by atoms with Crippen LogP contribution in [-0.2, 0) is 20.1 Å². The molecule has 0 aliphatic heterocycles. The average molecular weight is 1170 g/mol. The van der Waals surface area contributed by atoms with Gasteiger partial charge in [-0.05, 0) is 107 Å². The molecule has 0 unspecified atom stereocenters. The molecule has 0 saturated carbocycles. The summed E-state index contributed by atoms with van der Waals surface area (Å²) in [7, 11) is 2.00. The van der Waals surface area contributed by atoms with Gasteiger partial charge in [-0.15, -0.1) is 36.4 Å². The van der Waals surface area contributed by atoms with E-state index < -0.39 is 0 Å². The molecule has 4 heterocycles. The number of aryl methyl sites for hydroxylation is 2. The number of imidazole rings is 2. The van der Waals surface area contributed by atoms with Crippen LogP contribution in [0.3, 0.4) is 0 Å². The number of fused-ring (bicyclic) bond motifs is 8. The van der Waals surface area contributed by atoms with Gasteiger partial charge in [-0.1, -0.05) is 162 Å². The molecular formula is C66H66IrN4O4-2. The van der Waals surface area contributed by atoms with Crippen molar-refractivity contribution in [3.05, 3.63) is 191 Å².